The van der Waals surface area contributed by atoms with Crippen LogP contribution in [0.15, 0.2) is 30.3 Å². The van der Waals surface area contributed by atoms with Crippen LogP contribution < -0.4 is 10.6 Å². The maximum atomic E-state index is 12.0. The number of likely N-dealkylation sites (tertiary alicyclic amines) is 1. The molecule has 5 heteroatoms. The summed E-state index contributed by atoms with van der Waals surface area (Å²) in [5, 5.41) is 5.05. The smallest absolute Gasteiger partial charge is 0.321 e. The van der Waals surface area contributed by atoms with Crippen LogP contribution in [0.1, 0.15) is 31.7 Å². The Bertz CT molecular complexity index is 490. The second-order valence-corrected chi connectivity index (χ2v) is 5.76. The molecule has 1 aromatic carbocycles. The third-order valence-electron chi connectivity index (χ3n) is 3.95. The van der Waals surface area contributed by atoms with Crippen LogP contribution in [0.4, 0.5) is 4.79 Å². The Morgan fingerprint density at radius 1 is 1.27 bits per heavy atom. The highest BCUT2D eigenvalue weighted by Gasteiger charge is 2.26. The van der Waals surface area contributed by atoms with Crippen molar-refractivity contribution in [3.05, 3.63) is 35.9 Å². The SMILES string of the molecule is CCCNC(=O)NC(=O)CN1CCC[C@@H]1Cc1ccccc1. The van der Waals surface area contributed by atoms with Gasteiger partial charge in [-0.2, -0.15) is 0 Å². The Kier molecular flexibility index (Phi) is 6.40. The van der Waals surface area contributed by atoms with Gasteiger partial charge in [0.05, 0.1) is 6.54 Å². The fraction of sp³-hybridized carbons (Fsp3) is 0.529. The molecule has 1 saturated heterocycles. The summed E-state index contributed by atoms with van der Waals surface area (Å²) in [4.78, 5) is 25.6. The average molecular weight is 303 g/mol. The molecule has 2 N–H and O–H groups in total. The van der Waals surface area contributed by atoms with Gasteiger partial charge in [0, 0.05) is 12.6 Å². The highest BCUT2D eigenvalue weighted by Crippen LogP contribution is 2.20. The summed E-state index contributed by atoms with van der Waals surface area (Å²) in [6, 6.07) is 10.3. The number of amides is 3. The Balaban J connectivity index is 1.80. The van der Waals surface area contributed by atoms with Gasteiger partial charge in [-0.15, -0.1) is 0 Å². The van der Waals surface area contributed by atoms with Gasteiger partial charge in [0.15, 0.2) is 0 Å². The minimum atomic E-state index is -0.398. The second kappa shape index (κ2) is 8.54. The summed E-state index contributed by atoms with van der Waals surface area (Å²) in [5.41, 5.74) is 1.29. The van der Waals surface area contributed by atoms with E-state index in [4.69, 9.17) is 0 Å². The van der Waals surface area contributed by atoms with E-state index >= 15 is 0 Å². The quantitative estimate of drug-likeness (QED) is 0.844. The van der Waals surface area contributed by atoms with E-state index in [-0.39, 0.29) is 12.5 Å². The van der Waals surface area contributed by atoms with Gasteiger partial charge in [-0.1, -0.05) is 37.3 Å². The Morgan fingerprint density at radius 2 is 2.05 bits per heavy atom. The zero-order valence-electron chi connectivity index (χ0n) is 13.2. The molecule has 1 aliphatic heterocycles. The van der Waals surface area contributed by atoms with Gasteiger partial charge in [-0.25, -0.2) is 4.79 Å². The summed E-state index contributed by atoms with van der Waals surface area (Å²) in [7, 11) is 0. The molecule has 0 bridgehead atoms. The molecule has 0 spiro atoms. The van der Waals surface area contributed by atoms with Gasteiger partial charge in [-0.3, -0.25) is 15.0 Å². The molecule has 1 atom stereocenters. The van der Waals surface area contributed by atoms with Crippen molar-refractivity contribution in [2.24, 2.45) is 0 Å². The monoisotopic (exact) mass is 303 g/mol. The first kappa shape index (κ1) is 16.5. The van der Waals surface area contributed by atoms with E-state index in [9.17, 15) is 9.59 Å². The number of hydrogen-bond acceptors (Lipinski definition) is 3. The zero-order chi connectivity index (χ0) is 15.8. The molecule has 0 radical (unpaired) electrons. The molecule has 2 rings (SSSR count). The van der Waals surface area contributed by atoms with E-state index in [1.807, 2.05) is 25.1 Å². The Labute approximate surface area is 132 Å². The molecule has 3 amide bonds. The first-order valence-corrected chi connectivity index (χ1v) is 8.04. The molecule has 1 aromatic rings. The highest BCUT2D eigenvalue weighted by molar-refractivity contribution is 5.95. The largest absolute Gasteiger partial charge is 0.338 e. The molecular formula is C17H25N3O2. The van der Waals surface area contributed by atoms with Crippen molar-refractivity contribution in [1.29, 1.82) is 0 Å². The maximum absolute atomic E-state index is 12.0. The second-order valence-electron chi connectivity index (χ2n) is 5.76. The van der Waals surface area contributed by atoms with Gasteiger partial charge in [0.25, 0.3) is 0 Å². The Hall–Kier alpha value is -1.88. The Morgan fingerprint density at radius 3 is 2.77 bits per heavy atom. The van der Waals surface area contributed by atoms with Crippen molar-refractivity contribution < 1.29 is 9.59 Å². The molecular weight excluding hydrogens is 278 g/mol. The minimum Gasteiger partial charge on any atom is -0.338 e. The predicted molar refractivity (Wildman–Crippen MR) is 86.6 cm³/mol. The number of imide groups is 1. The van der Waals surface area contributed by atoms with Crippen molar-refractivity contribution in [3.8, 4) is 0 Å². The number of hydrogen-bond donors (Lipinski definition) is 2. The molecule has 0 aliphatic carbocycles. The number of nitrogens with zero attached hydrogens (tertiary/aromatic N) is 1. The number of urea groups is 1. The van der Waals surface area contributed by atoms with Crippen molar-refractivity contribution in [1.82, 2.24) is 15.5 Å². The number of carbonyl (C=O) groups excluding carboxylic acids is 2. The maximum Gasteiger partial charge on any atom is 0.321 e. The summed E-state index contributed by atoms with van der Waals surface area (Å²) >= 11 is 0. The number of benzene rings is 1. The lowest BCUT2D eigenvalue weighted by Gasteiger charge is -2.23. The molecule has 1 fully saturated rings. The number of nitrogens with one attached hydrogen (secondary N) is 2. The first-order chi connectivity index (χ1) is 10.7. The van der Waals surface area contributed by atoms with E-state index in [1.54, 1.807) is 0 Å². The first-order valence-electron chi connectivity index (χ1n) is 8.04. The van der Waals surface area contributed by atoms with Crippen molar-refractivity contribution in [3.63, 3.8) is 0 Å². The summed E-state index contributed by atoms with van der Waals surface area (Å²) in [6.45, 7) is 3.76. The van der Waals surface area contributed by atoms with Crippen LogP contribution in [0.5, 0.6) is 0 Å². The van der Waals surface area contributed by atoms with E-state index in [2.05, 4.69) is 27.7 Å². The zero-order valence-corrected chi connectivity index (χ0v) is 13.2. The van der Waals surface area contributed by atoms with E-state index in [1.165, 1.54) is 5.56 Å². The van der Waals surface area contributed by atoms with Crippen LogP contribution in [0.25, 0.3) is 0 Å². The fourth-order valence-corrected chi connectivity index (χ4v) is 2.85. The number of rotatable bonds is 6. The lowest BCUT2D eigenvalue weighted by Crippen LogP contribution is -2.46. The number of carbonyl (C=O) groups is 2. The van der Waals surface area contributed by atoms with Crippen molar-refractivity contribution in [2.75, 3.05) is 19.6 Å². The minimum absolute atomic E-state index is 0.228. The normalized spacial score (nSPS) is 18.1. The lowest BCUT2D eigenvalue weighted by molar-refractivity contribution is -0.121. The van der Waals surface area contributed by atoms with Crippen LogP contribution in [0.2, 0.25) is 0 Å². The molecule has 0 aromatic heterocycles. The van der Waals surface area contributed by atoms with E-state index in [0.29, 0.717) is 12.6 Å². The molecule has 1 aliphatic rings. The van der Waals surface area contributed by atoms with Crippen LogP contribution in [-0.4, -0.2) is 42.5 Å². The standard InChI is InChI=1S/C17H25N3O2/c1-2-10-18-17(22)19-16(21)13-20-11-6-9-15(20)12-14-7-4-3-5-8-14/h3-5,7-8,15H,2,6,9-13H2,1H3,(H2,18,19,21,22)/t15-/m1/s1. The molecule has 1 heterocycles. The molecule has 22 heavy (non-hydrogen) atoms. The van der Waals surface area contributed by atoms with Crippen LogP contribution in [0, 0.1) is 0 Å². The van der Waals surface area contributed by atoms with Crippen LogP contribution in [0.3, 0.4) is 0 Å². The predicted octanol–water partition coefficient (Wildman–Crippen LogP) is 1.93. The topological polar surface area (TPSA) is 61.4 Å². The van der Waals surface area contributed by atoms with Gasteiger partial charge in [0.2, 0.25) is 5.91 Å². The lowest BCUT2D eigenvalue weighted by atomic mass is 10.0. The third kappa shape index (κ3) is 5.15. The molecule has 120 valence electrons. The van der Waals surface area contributed by atoms with Crippen molar-refractivity contribution in [2.45, 2.75) is 38.6 Å². The molecule has 0 saturated carbocycles. The van der Waals surface area contributed by atoms with E-state index in [0.717, 1.165) is 32.2 Å². The van der Waals surface area contributed by atoms with Gasteiger partial charge in [-0.05, 0) is 37.8 Å². The highest BCUT2D eigenvalue weighted by atomic mass is 16.2. The third-order valence-corrected chi connectivity index (χ3v) is 3.95. The van der Waals surface area contributed by atoms with Gasteiger partial charge >= 0.3 is 6.03 Å². The molecule has 5 nitrogen and oxygen atoms in total. The fourth-order valence-electron chi connectivity index (χ4n) is 2.85. The van der Waals surface area contributed by atoms with Crippen molar-refractivity contribution >= 4 is 11.9 Å². The van der Waals surface area contributed by atoms with Crippen LogP contribution >= 0.6 is 0 Å². The average Bonchev–Trinajstić information content (AvgIpc) is 2.93. The summed E-state index contributed by atoms with van der Waals surface area (Å²) in [5.74, 6) is -0.228. The summed E-state index contributed by atoms with van der Waals surface area (Å²) in [6.07, 6.45) is 4.01. The van der Waals surface area contributed by atoms with Gasteiger partial charge in [0.1, 0.15) is 0 Å². The van der Waals surface area contributed by atoms with Crippen LogP contribution in [-0.2, 0) is 11.2 Å². The molecule has 0 unspecified atom stereocenters. The van der Waals surface area contributed by atoms with Gasteiger partial charge < -0.3 is 5.32 Å². The summed E-state index contributed by atoms with van der Waals surface area (Å²) < 4.78 is 0. The van der Waals surface area contributed by atoms with E-state index < -0.39 is 6.03 Å².